The highest BCUT2D eigenvalue weighted by molar-refractivity contribution is 7.93. The Morgan fingerprint density at radius 3 is 2.56 bits per heavy atom. The van der Waals surface area contributed by atoms with Crippen LogP contribution >= 0.6 is 0 Å². The third-order valence-corrected chi connectivity index (χ3v) is 5.27. The van der Waals surface area contributed by atoms with E-state index >= 15 is 0 Å². The Balaban J connectivity index is 2.57. The van der Waals surface area contributed by atoms with Gasteiger partial charge in [0.1, 0.15) is 6.04 Å². The molecule has 1 aliphatic rings. The van der Waals surface area contributed by atoms with Crippen LogP contribution in [-0.2, 0) is 21.2 Å². The van der Waals surface area contributed by atoms with Crippen molar-refractivity contribution in [1.82, 2.24) is 0 Å². The van der Waals surface area contributed by atoms with Crippen LogP contribution in [0.2, 0.25) is 0 Å². The minimum absolute atomic E-state index is 0.220. The minimum atomic E-state index is -3.63. The summed E-state index contributed by atoms with van der Waals surface area (Å²) in [6.45, 7) is 3.10. The molecule has 0 aromatic heterocycles. The van der Waals surface area contributed by atoms with Gasteiger partial charge in [-0.05, 0) is 25.5 Å². The minimum Gasteiger partial charge on any atom is -0.480 e. The Morgan fingerprint density at radius 2 is 2.00 bits per heavy atom. The zero-order valence-electron chi connectivity index (χ0n) is 10.2. The maximum absolute atomic E-state index is 12.3. The fraction of sp³-hybridized carbons (Fsp3) is 0.417. The highest BCUT2D eigenvalue weighted by atomic mass is 32.2. The van der Waals surface area contributed by atoms with Gasteiger partial charge in [-0.25, -0.2) is 13.2 Å². The van der Waals surface area contributed by atoms with Gasteiger partial charge in [0.15, 0.2) is 0 Å². The maximum atomic E-state index is 12.3. The van der Waals surface area contributed by atoms with Crippen molar-refractivity contribution in [3.05, 3.63) is 29.8 Å². The molecule has 1 aliphatic heterocycles. The van der Waals surface area contributed by atoms with Crippen molar-refractivity contribution in [2.24, 2.45) is 0 Å². The van der Waals surface area contributed by atoms with E-state index in [1.54, 1.807) is 38.1 Å². The number of aliphatic carboxylic acids is 1. The standard InChI is InChI=1S/C12H15NO4S/c1-8(2)18(16,17)13-10-6-4-3-5-9(10)7-11(13)12(14)15/h3-6,8,11H,7H2,1-2H3,(H,14,15). The summed E-state index contributed by atoms with van der Waals surface area (Å²) in [5, 5.41) is 8.55. The van der Waals surface area contributed by atoms with Gasteiger partial charge in [-0.15, -0.1) is 0 Å². The topological polar surface area (TPSA) is 74.7 Å². The van der Waals surface area contributed by atoms with Crippen molar-refractivity contribution >= 4 is 21.7 Å². The van der Waals surface area contributed by atoms with E-state index in [2.05, 4.69) is 0 Å². The average Bonchev–Trinajstić information content (AvgIpc) is 2.68. The lowest BCUT2D eigenvalue weighted by atomic mass is 10.1. The number of sulfonamides is 1. The number of carboxylic acids is 1. The Labute approximate surface area is 106 Å². The molecule has 5 nitrogen and oxygen atoms in total. The zero-order valence-corrected chi connectivity index (χ0v) is 11.0. The van der Waals surface area contributed by atoms with E-state index in [9.17, 15) is 18.3 Å². The van der Waals surface area contributed by atoms with Crippen LogP contribution in [0.1, 0.15) is 19.4 Å². The van der Waals surface area contributed by atoms with Gasteiger partial charge in [0, 0.05) is 6.42 Å². The summed E-state index contributed by atoms with van der Waals surface area (Å²) in [5.74, 6) is -1.12. The van der Waals surface area contributed by atoms with Crippen LogP contribution < -0.4 is 4.31 Å². The van der Waals surface area contributed by atoms with Crippen LogP contribution in [0, 0.1) is 0 Å². The Morgan fingerprint density at radius 1 is 1.39 bits per heavy atom. The predicted octanol–water partition coefficient (Wildman–Crippen LogP) is 1.24. The first kappa shape index (κ1) is 12.9. The molecule has 1 atom stereocenters. The van der Waals surface area contributed by atoms with Crippen LogP contribution in [0.3, 0.4) is 0 Å². The van der Waals surface area contributed by atoms with E-state index in [1.165, 1.54) is 0 Å². The van der Waals surface area contributed by atoms with E-state index in [0.29, 0.717) is 5.69 Å². The Bertz CT molecular complexity index is 579. The molecule has 18 heavy (non-hydrogen) atoms. The lowest BCUT2D eigenvalue weighted by molar-refractivity contribution is -0.138. The molecule has 0 saturated carbocycles. The van der Waals surface area contributed by atoms with E-state index < -0.39 is 27.3 Å². The summed E-state index contributed by atoms with van der Waals surface area (Å²) in [6, 6.07) is 5.88. The number of carboxylic acid groups (broad SMARTS) is 1. The molecule has 0 bridgehead atoms. The zero-order chi connectivity index (χ0) is 13.5. The number of rotatable bonds is 3. The molecule has 0 aliphatic carbocycles. The molecule has 0 spiro atoms. The summed E-state index contributed by atoms with van der Waals surface area (Å²) >= 11 is 0. The van der Waals surface area contributed by atoms with Crippen molar-refractivity contribution in [3.8, 4) is 0 Å². The normalized spacial score (nSPS) is 19.1. The second-order valence-electron chi connectivity index (χ2n) is 4.58. The van der Waals surface area contributed by atoms with Crippen LogP contribution in [0.4, 0.5) is 5.69 Å². The predicted molar refractivity (Wildman–Crippen MR) is 68.1 cm³/mol. The number of carbonyl (C=O) groups is 1. The van der Waals surface area contributed by atoms with Crippen LogP contribution in [-0.4, -0.2) is 30.8 Å². The molecule has 0 radical (unpaired) electrons. The van der Waals surface area contributed by atoms with Crippen LogP contribution in [0.15, 0.2) is 24.3 Å². The number of benzene rings is 1. The van der Waals surface area contributed by atoms with E-state index in [-0.39, 0.29) is 6.42 Å². The Kier molecular flexibility index (Phi) is 3.06. The van der Waals surface area contributed by atoms with Gasteiger partial charge in [-0.1, -0.05) is 18.2 Å². The molecule has 0 saturated heterocycles. The maximum Gasteiger partial charge on any atom is 0.327 e. The van der Waals surface area contributed by atoms with E-state index in [4.69, 9.17) is 0 Å². The van der Waals surface area contributed by atoms with Gasteiger partial charge in [0.05, 0.1) is 10.9 Å². The summed E-state index contributed by atoms with van der Waals surface area (Å²) in [4.78, 5) is 11.2. The van der Waals surface area contributed by atoms with Crippen molar-refractivity contribution in [2.75, 3.05) is 4.31 Å². The summed E-state index contributed by atoms with van der Waals surface area (Å²) in [6.07, 6.45) is 0.220. The smallest absolute Gasteiger partial charge is 0.327 e. The molecule has 6 heteroatoms. The lowest BCUT2D eigenvalue weighted by Gasteiger charge is -2.26. The second kappa shape index (κ2) is 4.28. The molecular weight excluding hydrogens is 254 g/mol. The number of hydrogen-bond donors (Lipinski definition) is 1. The molecule has 1 unspecified atom stereocenters. The van der Waals surface area contributed by atoms with Crippen LogP contribution in [0.5, 0.6) is 0 Å². The average molecular weight is 269 g/mol. The molecule has 0 fully saturated rings. The van der Waals surface area contributed by atoms with E-state index in [1.807, 2.05) is 0 Å². The molecule has 2 rings (SSSR count). The largest absolute Gasteiger partial charge is 0.480 e. The SMILES string of the molecule is CC(C)S(=O)(=O)N1c2ccccc2CC1C(=O)O. The fourth-order valence-corrected chi connectivity index (χ4v) is 3.51. The second-order valence-corrected chi connectivity index (χ2v) is 6.94. The quantitative estimate of drug-likeness (QED) is 0.896. The van der Waals surface area contributed by atoms with E-state index in [0.717, 1.165) is 9.87 Å². The first-order chi connectivity index (χ1) is 8.35. The number of nitrogens with zero attached hydrogens (tertiary/aromatic N) is 1. The number of anilines is 1. The third-order valence-electron chi connectivity index (χ3n) is 3.08. The molecule has 1 aromatic carbocycles. The fourth-order valence-electron chi connectivity index (χ4n) is 2.09. The molecular formula is C12H15NO4S. The van der Waals surface area contributed by atoms with Gasteiger partial charge in [-0.2, -0.15) is 0 Å². The molecule has 1 N–H and O–H groups in total. The molecule has 0 amide bonds. The summed E-state index contributed by atoms with van der Waals surface area (Å²) < 4.78 is 25.6. The van der Waals surface area contributed by atoms with Gasteiger partial charge < -0.3 is 5.11 Å². The third kappa shape index (κ3) is 1.86. The lowest BCUT2D eigenvalue weighted by Crippen LogP contribution is -2.45. The Hall–Kier alpha value is -1.56. The number of para-hydroxylation sites is 1. The van der Waals surface area contributed by atoms with Gasteiger partial charge in [-0.3, -0.25) is 4.31 Å². The van der Waals surface area contributed by atoms with Gasteiger partial charge >= 0.3 is 5.97 Å². The van der Waals surface area contributed by atoms with Crippen molar-refractivity contribution in [3.63, 3.8) is 0 Å². The van der Waals surface area contributed by atoms with Crippen molar-refractivity contribution in [2.45, 2.75) is 31.6 Å². The van der Waals surface area contributed by atoms with Crippen molar-refractivity contribution < 1.29 is 18.3 Å². The monoisotopic (exact) mass is 269 g/mol. The highest BCUT2D eigenvalue weighted by Gasteiger charge is 2.42. The van der Waals surface area contributed by atoms with Crippen molar-refractivity contribution in [1.29, 1.82) is 0 Å². The molecule has 98 valence electrons. The highest BCUT2D eigenvalue weighted by Crippen LogP contribution is 2.35. The number of hydrogen-bond acceptors (Lipinski definition) is 3. The van der Waals surface area contributed by atoms with Crippen LogP contribution in [0.25, 0.3) is 0 Å². The first-order valence-corrected chi connectivity index (χ1v) is 7.20. The molecule has 1 aromatic rings. The first-order valence-electron chi connectivity index (χ1n) is 5.69. The molecule has 1 heterocycles. The number of fused-ring (bicyclic) bond motifs is 1. The summed E-state index contributed by atoms with van der Waals surface area (Å²) in [5.41, 5.74) is 1.24. The van der Waals surface area contributed by atoms with Gasteiger partial charge in [0.2, 0.25) is 10.0 Å². The van der Waals surface area contributed by atoms with Gasteiger partial charge in [0.25, 0.3) is 0 Å². The summed E-state index contributed by atoms with van der Waals surface area (Å²) in [7, 11) is -3.63.